The van der Waals surface area contributed by atoms with Crippen LogP contribution in [0.25, 0.3) is 11.3 Å². The molecular formula is C26H33F2N5O8. The number of hydrogen-bond acceptors (Lipinski definition) is 10. The van der Waals surface area contributed by atoms with Crippen molar-refractivity contribution in [3.63, 3.8) is 0 Å². The Morgan fingerprint density at radius 2 is 1.93 bits per heavy atom. The molecule has 0 bridgehead atoms. The summed E-state index contributed by atoms with van der Waals surface area (Å²) >= 11 is 0. The minimum atomic E-state index is -1.26. The summed E-state index contributed by atoms with van der Waals surface area (Å²) in [4.78, 5) is 18.3. The molecule has 3 aliphatic rings. The molecule has 13 nitrogen and oxygen atoms in total. The molecule has 0 spiro atoms. The van der Waals surface area contributed by atoms with Crippen LogP contribution in [0.5, 0.6) is 5.75 Å². The molecule has 1 amide bonds. The van der Waals surface area contributed by atoms with E-state index in [4.69, 9.17) is 19.0 Å². The Hall–Kier alpha value is -3.40. The average molecular weight is 582 g/mol. The number of aromatic nitrogens is 3. The molecule has 3 N–H and O–H groups in total. The van der Waals surface area contributed by atoms with Crippen molar-refractivity contribution in [2.24, 2.45) is 11.1 Å². The second kappa shape index (κ2) is 12.2. The molecule has 0 saturated carbocycles. The number of rotatable bonds is 8. The molecule has 3 aliphatic heterocycles. The van der Waals surface area contributed by atoms with E-state index in [2.05, 4.69) is 15.5 Å². The fourth-order valence-corrected chi connectivity index (χ4v) is 5.87. The first-order valence-corrected chi connectivity index (χ1v) is 13.4. The Bertz CT molecular complexity index is 1270. The van der Waals surface area contributed by atoms with Gasteiger partial charge in [-0.15, -0.1) is 5.10 Å². The lowest BCUT2D eigenvalue weighted by Crippen LogP contribution is -2.57. The summed E-state index contributed by atoms with van der Waals surface area (Å²) in [6.45, 7) is 0.387. The molecule has 0 aliphatic carbocycles. The number of piperidine rings is 1. The van der Waals surface area contributed by atoms with E-state index >= 15 is 0 Å². The number of carbonyl (C=O) groups is 1. The average Bonchev–Trinajstić information content (AvgIpc) is 3.65. The molecule has 2 saturated heterocycles. The van der Waals surface area contributed by atoms with Crippen molar-refractivity contribution >= 4 is 11.8 Å². The SMILES string of the molecule is COc1ccc(-c2cn([C@H]3[C@@H](O)[C@@H](CO)O[C@H](CC4CC(C5CCN(C(=O)O)CC5)=NO4)[C@@H]3OC)nn2)c(F)c1F. The van der Waals surface area contributed by atoms with E-state index in [1.807, 2.05) is 0 Å². The molecule has 41 heavy (non-hydrogen) atoms. The second-order valence-electron chi connectivity index (χ2n) is 10.4. The van der Waals surface area contributed by atoms with Gasteiger partial charge in [0.2, 0.25) is 5.82 Å². The maximum atomic E-state index is 14.7. The normalized spacial score (nSPS) is 28.8. The molecule has 15 heteroatoms. The maximum Gasteiger partial charge on any atom is 0.407 e. The number of nitrogens with zero attached hydrogens (tertiary/aromatic N) is 5. The van der Waals surface area contributed by atoms with Crippen molar-refractivity contribution in [1.82, 2.24) is 19.9 Å². The van der Waals surface area contributed by atoms with Gasteiger partial charge in [0.15, 0.2) is 11.6 Å². The van der Waals surface area contributed by atoms with Crippen molar-refractivity contribution in [3.05, 3.63) is 30.0 Å². The highest BCUT2D eigenvalue weighted by Crippen LogP contribution is 2.37. The van der Waals surface area contributed by atoms with Gasteiger partial charge < -0.3 is 39.3 Å². The van der Waals surface area contributed by atoms with Crippen LogP contribution in [0.2, 0.25) is 0 Å². The van der Waals surface area contributed by atoms with E-state index in [9.17, 15) is 28.9 Å². The number of carboxylic acid groups (broad SMARTS) is 1. The van der Waals surface area contributed by atoms with Gasteiger partial charge in [-0.05, 0) is 25.0 Å². The van der Waals surface area contributed by atoms with E-state index in [-0.39, 0.29) is 29.0 Å². The van der Waals surface area contributed by atoms with Crippen LogP contribution < -0.4 is 4.74 Å². The minimum Gasteiger partial charge on any atom is -0.494 e. The quantitative estimate of drug-likeness (QED) is 0.420. The maximum absolute atomic E-state index is 14.7. The van der Waals surface area contributed by atoms with E-state index in [1.165, 1.54) is 42.1 Å². The van der Waals surface area contributed by atoms with Crippen LogP contribution >= 0.6 is 0 Å². The number of methoxy groups -OCH3 is 2. The number of oxime groups is 1. The largest absolute Gasteiger partial charge is 0.494 e. The van der Waals surface area contributed by atoms with Gasteiger partial charge in [-0.25, -0.2) is 13.9 Å². The molecule has 1 aromatic carbocycles. The first kappa shape index (κ1) is 29.1. The number of hydrogen-bond donors (Lipinski definition) is 3. The van der Waals surface area contributed by atoms with Gasteiger partial charge in [-0.2, -0.15) is 4.39 Å². The van der Waals surface area contributed by atoms with Crippen molar-refractivity contribution in [1.29, 1.82) is 0 Å². The first-order valence-electron chi connectivity index (χ1n) is 13.4. The predicted molar refractivity (Wildman–Crippen MR) is 137 cm³/mol. The Morgan fingerprint density at radius 3 is 2.59 bits per heavy atom. The number of halogens is 2. The van der Waals surface area contributed by atoms with Gasteiger partial charge in [-0.3, -0.25) is 0 Å². The topological polar surface area (TPSA) is 161 Å². The summed E-state index contributed by atoms with van der Waals surface area (Å²) in [6.07, 6.45) is -1.41. The molecule has 1 aromatic heterocycles. The van der Waals surface area contributed by atoms with Crippen LogP contribution in [0.15, 0.2) is 23.5 Å². The van der Waals surface area contributed by atoms with Crippen LogP contribution in [0, 0.1) is 17.6 Å². The van der Waals surface area contributed by atoms with Crippen LogP contribution in [-0.4, -0.2) is 111 Å². The third-order valence-corrected chi connectivity index (χ3v) is 8.08. The van der Waals surface area contributed by atoms with Crippen LogP contribution in [0.3, 0.4) is 0 Å². The minimum absolute atomic E-state index is 0.0285. The van der Waals surface area contributed by atoms with Crippen LogP contribution in [0.4, 0.5) is 13.6 Å². The summed E-state index contributed by atoms with van der Waals surface area (Å²) in [5.74, 6) is -2.44. The number of amides is 1. The smallest absolute Gasteiger partial charge is 0.407 e. The highest BCUT2D eigenvalue weighted by atomic mass is 19.2. The Morgan fingerprint density at radius 1 is 1.17 bits per heavy atom. The Labute approximate surface area is 234 Å². The predicted octanol–water partition coefficient (Wildman–Crippen LogP) is 1.83. The zero-order valence-electron chi connectivity index (χ0n) is 22.6. The Kier molecular flexibility index (Phi) is 8.68. The van der Waals surface area contributed by atoms with Gasteiger partial charge in [0.05, 0.1) is 31.7 Å². The molecule has 6 atom stereocenters. The van der Waals surface area contributed by atoms with Gasteiger partial charge in [-0.1, -0.05) is 10.4 Å². The summed E-state index contributed by atoms with van der Waals surface area (Å²) < 4.78 is 46.9. The molecule has 1 unspecified atom stereocenters. The van der Waals surface area contributed by atoms with Gasteiger partial charge in [0, 0.05) is 44.5 Å². The van der Waals surface area contributed by atoms with E-state index in [0.717, 1.165) is 5.71 Å². The fraction of sp³-hybridized carbons (Fsp3) is 0.615. The van der Waals surface area contributed by atoms with Gasteiger partial charge >= 0.3 is 6.09 Å². The van der Waals surface area contributed by atoms with Gasteiger partial charge in [0.25, 0.3) is 0 Å². The molecule has 2 fully saturated rings. The van der Waals surface area contributed by atoms with E-state index in [1.54, 1.807) is 0 Å². The number of aliphatic hydroxyl groups excluding tert-OH is 2. The lowest BCUT2D eigenvalue weighted by Gasteiger charge is -2.44. The fourth-order valence-electron chi connectivity index (χ4n) is 5.87. The highest BCUT2D eigenvalue weighted by Gasteiger charge is 2.48. The van der Waals surface area contributed by atoms with Crippen LogP contribution in [0.1, 0.15) is 31.7 Å². The summed E-state index contributed by atoms with van der Waals surface area (Å²) in [5.41, 5.74) is 0.758. The third kappa shape index (κ3) is 5.71. The molecule has 2 aromatic rings. The summed E-state index contributed by atoms with van der Waals surface area (Å²) in [6, 6.07) is 1.71. The first-order chi connectivity index (χ1) is 19.7. The molecule has 4 heterocycles. The molecule has 224 valence electrons. The molecule has 0 radical (unpaired) electrons. The molecular weight excluding hydrogens is 548 g/mol. The zero-order chi connectivity index (χ0) is 29.3. The van der Waals surface area contributed by atoms with Crippen molar-refractivity contribution < 1.29 is 47.9 Å². The number of benzene rings is 1. The zero-order valence-corrected chi connectivity index (χ0v) is 22.6. The Balaban J connectivity index is 1.31. The lowest BCUT2D eigenvalue weighted by molar-refractivity contribution is -0.219. The highest BCUT2D eigenvalue weighted by molar-refractivity contribution is 5.88. The van der Waals surface area contributed by atoms with Gasteiger partial charge in [0.1, 0.15) is 36.2 Å². The van der Waals surface area contributed by atoms with Crippen molar-refractivity contribution in [3.8, 4) is 17.0 Å². The lowest BCUT2D eigenvalue weighted by atomic mass is 9.86. The number of likely N-dealkylation sites (tertiary alicyclic amines) is 1. The third-order valence-electron chi connectivity index (χ3n) is 8.08. The monoisotopic (exact) mass is 581 g/mol. The van der Waals surface area contributed by atoms with E-state index < -0.39 is 54.8 Å². The van der Waals surface area contributed by atoms with Crippen LogP contribution in [-0.2, 0) is 14.3 Å². The van der Waals surface area contributed by atoms with E-state index in [0.29, 0.717) is 38.8 Å². The second-order valence-corrected chi connectivity index (χ2v) is 10.4. The number of ether oxygens (including phenoxy) is 3. The van der Waals surface area contributed by atoms with Crippen molar-refractivity contribution in [2.75, 3.05) is 33.9 Å². The standard InChI is InChI=1S/C26H33F2N5O8/c1-38-18-4-3-15(21(27)22(18)28)17-11-33(31-29-17)23-24(35)20(12-34)40-19(25(23)39-2)10-14-9-16(30-41-14)13-5-7-32(8-6-13)26(36)37/h3-4,11,13-14,19-20,23-25,34-35H,5-10,12H2,1-2H3,(H,36,37)/t14?,19-,20-,23+,24+,25+/m1/s1. The molecule has 5 rings (SSSR count). The van der Waals surface area contributed by atoms with Crippen molar-refractivity contribution in [2.45, 2.75) is 62.2 Å². The summed E-state index contributed by atoms with van der Waals surface area (Å²) in [7, 11) is 2.68. The number of aliphatic hydroxyl groups is 2. The summed E-state index contributed by atoms with van der Waals surface area (Å²) in [5, 5.41) is 42.6.